The van der Waals surface area contributed by atoms with Crippen molar-refractivity contribution < 1.29 is 12.6 Å². The quantitative estimate of drug-likeness (QED) is 0.207. The molecule has 9 nitrogen and oxygen atoms in total. The summed E-state index contributed by atoms with van der Waals surface area (Å²) in [5.41, 5.74) is 3.02. The highest BCUT2D eigenvalue weighted by Gasteiger charge is 2.19. The Balaban J connectivity index is 1.36. The van der Waals surface area contributed by atoms with Gasteiger partial charge in [0.25, 0.3) is 0 Å². The second-order valence-corrected chi connectivity index (χ2v) is 13.9. The molecule has 208 valence electrons. The van der Waals surface area contributed by atoms with Crippen LogP contribution in [0.2, 0.25) is 10.0 Å². The van der Waals surface area contributed by atoms with E-state index >= 15 is 0 Å². The van der Waals surface area contributed by atoms with Crippen LogP contribution in [0.5, 0.6) is 0 Å². The highest BCUT2D eigenvalue weighted by Crippen LogP contribution is 2.30. The number of halogens is 2. The van der Waals surface area contributed by atoms with Crippen molar-refractivity contribution in [2.45, 2.75) is 29.2 Å². The van der Waals surface area contributed by atoms with Crippen molar-refractivity contribution in [2.24, 2.45) is 0 Å². The van der Waals surface area contributed by atoms with E-state index in [2.05, 4.69) is 25.3 Å². The van der Waals surface area contributed by atoms with E-state index < -0.39 is 19.8 Å². The molecule has 0 aliphatic carbocycles. The van der Waals surface area contributed by atoms with E-state index in [4.69, 9.17) is 28.0 Å². The lowest BCUT2D eigenvalue weighted by molar-refractivity contribution is 0.581. The van der Waals surface area contributed by atoms with Gasteiger partial charge in [-0.25, -0.2) is 27.1 Å². The second kappa shape index (κ2) is 11.7. The summed E-state index contributed by atoms with van der Waals surface area (Å²) in [4.78, 5) is 9.56. The van der Waals surface area contributed by atoms with Gasteiger partial charge in [-0.2, -0.15) is 4.98 Å². The zero-order valence-corrected chi connectivity index (χ0v) is 24.3. The molecular formula is C27H26Cl2N6O3S2. The number of hydrogen-bond donors (Lipinski definition) is 4. The Morgan fingerprint density at radius 1 is 1.02 bits per heavy atom. The van der Waals surface area contributed by atoms with Crippen LogP contribution in [-0.2, 0) is 26.3 Å². The summed E-state index contributed by atoms with van der Waals surface area (Å²) < 4.78 is 49.3. The predicted molar refractivity (Wildman–Crippen MR) is 159 cm³/mol. The summed E-state index contributed by atoms with van der Waals surface area (Å²) >= 11 is 12.1. The average Bonchev–Trinajstić information content (AvgIpc) is 2.94. The van der Waals surface area contributed by atoms with E-state index in [9.17, 15) is 12.6 Å². The lowest BCUT2D eigenvalue weighted by Gasteiger charge is -2.14. The molecule has 1 aliphatic heterocycles. The first-order chi connectivity index (χ1) is 19.1. The minimum atomic E-state index is -3.86. The molecule has 1 unspecified atom stereocenters. The first kappa shape index (κ1) is 28.3. The van der Waals surface area contributed by atoms with Crippen LogP contribution in [0.3, 0.4) is 0 Å². The van der Waals surface area contributed by atoms with Gasteiger partial charge in [0, 0.05) is 41.2 Å². The fourth-order valence-electron chi connectivity index (χ4n) is 4.20. The maximum Gasteiger partial charge on any atom is 0.242 e. The van der Waals surface area contributed by atoms with E-state index in [1.165, 1.54) is 18.2 Å². The number of rotatable bonds is 5. The predicted octanol–water partition coefficient (Wildman–Crippen LogP) is 6.28. The Bertz CT molecular complexity index is 1770. The van der Waals surface area contributed by atoms with E-state index in [1.807, 2.05) is 30.3 Å². The van der Waals surface area contributed by atoms with Gasteiger partial charge in [-0.05, 0) is 54.3 Å². The van der Waals surface area contributed by atoms with Crippen molar-refractivity contribution in [2.75, 3.05) is 22.9 Å². The number of benzene rings is 3. The van der Waals surface area contributed by atoms with Gasteiger partial charge in [-0.15, -0.1) is 0 Å². The third-order valence-electron chi connectivity index (χ3n) is 6.35. The molecule has 3 aromatic carbocycles. The third kappa shape index (κ3) is 6.39. The van der Waals surface area contributed by atoms with Crippen LogP contribution in [0, 0.1) is 4.78 Å². The number of nitrogens with zero attached hydrogens (tertiary/aromatic N) is 2. The summed E-state index contributed by atoms with van der Waals surface area (Å²) in [5, 5.41) is 6.64. The maximum absolute atomic E-state index is 12.9. The van der Waals surface area contributed by atoms with Crippen LogP contribution < -0.4 is 15.4 Å². The topological polar surface area (TPSA) is 137 Å². The molecule has 0 saturated heterocycles. The summed E-state index contributed by atoms with van der Waals surface area (Å²) in [6.45, 7) is 0.649. The number of sulfonamides is 1. The van der Waals surface area contributed by atoms with Crippen LogP contribution in [0.1, 0.15) is 18.4 Å². The summed E-state index contributed by atoms with van der Waals surface area (Å²) in [6.07, 6.45) is 3.07. The number of fused-ring (bicyclic) bond motifs is 4. The fourth-order valence-corrected chi connectivity index (χ4v) is 7.44. The van der Waals surface area contributed by atoms with Crippen molar-refractivity contribution >= 4 is 60.4 Å². The van der Waals surface area contributed by atoms with Crippen molar-refractivity contribution in [3.63, 3.8) is 0 Å². The van der Waals surface area contributed by atoms with Gasteiger partial charge in [-0.1, -0.05) is 59.6 Å². The third-order valence-corrected chi connectivity index (χ3v) is 10.6. The molecule has 4 N–H and O–H groups in total. The van der Waals surface area contributed by atoms with Gasteiger partial charge in [0.1, 0.15) is 10.7 Å². The van der Waals surface area contributed by atoms with Crippen molar-refractivity contribution in [1.29, 1.82) is 4.78 Å². The molecule has 4 aromatic rings. The first-order valence-corrected chi connectivity index (χ1v) is 16.4. The molecule has 4 bridgehead atoms. The Morgan fingerprint density at radius 3 is 2.60 bits per heavy atom. The van der Waals surface area contributed by atoms with Gasteiger partial charge in [0.15, 0.2) is 0 Å². The lowest BCUT2D eigenvalue weighted by atomic mass is 10.1. The molecule has 0 amide bonds. The van der Waals surface area contributed by atoms with Crippen LogP contribution in [-0.4, -0.2) is 34.9 Å². The zero-order chi connectivity index (χ0) is 28.3. The van der Waals surface area contributed by atoms with E-state index in [-0.39, 0.29) is 27.2 Å². The number of hydrogen-bond acceptors (Lipinski definition) is 8. The molecule has 0 fully saturated rings. The smallest absolute Gasteiger partial charge is 0.242 e. The van der Waals surface area contributed by atoms with Gasteiger partial charge in [0.05, 0.1) is 19.8 Å². The Hall–Kier alpha value is -3.22. The molecule has 1 aromatic heterocycles. The van der Waals surface area contributed by atoms with Gasteiger partial charge in [0.2, 0.25) is 16.0 Å². The highest BCUT2D eigenvalue weighted by atomic mass is 35.5. The summed E-state index contributed by atoms with van der Waals surface area (Å²) in [7, 11) is -6.75. The number of nitrogens with one attached hydrogen (secondary N) is 4. The minimum absolute atomic E-state index is 0.0208. The number of aromatic nitrogens is 2. The Labute approximate surface area is 243 Å². The summed E-state index contributed by atoms with van der Waals surface area (Å²) in [6, 6.07) is 18.9. The molecule has 1 aliphatic rings. The number of anilines is 3. The molecule has 40 heavy (non-hydrogen) atoms. The van der Waals surface area contributed by atoms with Crippen LogP contribution in [0.25, 0.3) is 11.1 Å². The summed E-state index contributed by atoms with van der Waals surface area (Å²) in [5.74, 6) is 1.27. The molecule has 0 saturated carbocycles. The van der Waals surface area contributed by atoms with Gasteiger partial charge in [-0.3, -0.25) is 0 Å². The van der Waals surface area contributed by atoms with Crippen molar-refractivity contribution in [1.82, 2.24) is 14.7 Å². The molecule has 2 heterocycles. The molecular weight excluding hydrogens is 591 g/mol. The van der Waals surface area contributed by atoms with E-state index in [1.54, 1.807) is 24.4 Å². The average molecular weight is 618 g/mol. The van der Waals surface area contributed by atoms with Crippen molar-refractivity contribution in [3.8, 4) is 11.1 Å². The Kier molecular flexibility index (Phi) is 8.29. The molecule has 1 atom stereocenters. The fraction of sp³-hybridized carbons (Fsp3) is 0.185. The van der Waals surface area contributed by atoms with Crippen LogP contribution in [0.4, 0.5) is 17.5 Å². The Morgan fingerprint density at radius 2 is 1.80 bits per heavy atom. The maximum atomic E-state index is 12.9. The van der Waals surface area contributed by atoms with E-state index in [0.29, 0.717) is 35.3 Å². The van der Waals surface area contributed by atoms with Crippen LogP contribution in [0.15, 0.2) is 82.7 Å². The zero-order valence-electron chi connectivity index (χ0n) is 21.2. The van der Waals surface area contributed by atoms with E-state index in [0.717, 1.165) is 23.1 Å². The standard InChI is InChI=1S/C27H26Cl2N6O3S2/c28-23-7-4-8-24(25(23)29)40(37,38)33-16-18-9-11-19(12-10-18)22-17-32-27-34-20-5-3-6-21(15-20)39(30,36)14-2-1-13-31-26(22)35-27/h3-12,15,17,30,33H,1-2,13-14,16H2,(H2,31,32,34,35). The first-order valence-electron chi connectivity index (χ1n) is 12.4. The lowest BCUT2D eigenvalue weighted by Crippen LogP contribution is -2.23. The second-order valence-electron chi connectivity index (χ2n) is 9.20. The molecule has 0 spiro atoms. The SMILES string of the molecule is N=S1(=O)CCCCNc2nc(ncc2-c2ccc(CNS(=O)(=O)c3cccc(Cl)c3Cl)cc2)Nc2cccc1c2. The highest BCUT2D eigenvalue weighted by molar-refractivity contribution is 7.92. The minimum Gasteiger partial charge on any atom is -0.369 e. The van der Waals surface area contributed by atoms with Crippen molar-refractivity contribution in [3.05, 3.63) is 88.5 Å². The molecule has 0 radical (unpaired) electrons. The van der Waals surface area contributed by atoms with Gasteiger partial charge >= 0.3 is 0 Å². The monoisotopic (exact) mass is 616 g/mol. The van der Waals surface area contributed by atoms with Crippen LogP contribution >= 0.6 is 23.2 Å². The normalized spacial score (nSPS) is 17.4. The van der Waals surface area contributed by atoms with Gasteiger partial charge < -0.3 is 10.6 Å². The molecule has 5 rings (SSSR count). The molecule has 13 heteroatoms. The largest absolute Gasteiger partial charge is 0.369 e.